The average molecular weight is 650 g/mol. The number of fused-ring (bicyclic) bond motifs is 2. The SMILES string of the molecule is CSCCNc1nc(SCCC(F)(F)F)nc2c1ncn2[C@@H]1O[C@H](COP(C)(=O)O)[C@H]2OC(Cc3ccccc3)O[C@H]21. The summed E-state index contributed by atoms with van der Waals surface area (Å²) in [7, 11) is -3.80. The normalized spacial score (nSPS) is 25.5. The second-order valence-corrected chi connectivity index (χ2v) is 13.7. The molecule has 0 spiro atoms. The molecule has 2 aromatic heterocycles. The molecule has 2 saturated heterocycles. The van der Waals surface area contributed by atoms with Gasteiger partial charge < -0.3 is 28.9 Å². The predicted octanol–water partition coefficient (Wildman–Crippen LogP) is 4.73. The number of rotatable bonds is 13. The molecule has 42 heavy (non-hydrogen) atoms. The summed E-state index contributed by atoms with van der Waals surface area (Å²) >= 11 is 2.53. The van der Waals surface area contributed by atoms with Gasteiger partial charge in [-0.1, -0.05) is 42.1 Å². The Morgan fingerprint density at radius 2 is 1.90 bits per heavy atom. The molecular weight excluding hydrogens is 618 g/mol. The Hall–Kier alpha value is -1.91. The third-order valence-corrected chi connectivity index (χ3v) is 8.61. The highest BCUT2D eigenvalue weighted by molar-refractivity contribution is 7.99. The van der Waals surface area contributed by atoms with E-state index >= 15 is 0 Å². The monoisotopic (exact) mass is 649 g/mol. The van der Waals surface area contributed by atoms with Crippen LogP contribution in [-0.2, 0) is 29.7 Å². The van der Waals surface area contributed by atoms with Crippen LogP contribution in [0, 0.1) is 0 Å². The molecule has 0 bridgehead atoms. The van der Waals surface area contributed by atoms with Crippen LogP contribution in [0.3, 0.4) is 0 Å². The van der Waals surface area contributed by atoms with Gasteiger partial charge in [-0.3, -0.25) is 9.13 Å². The van der Waals surface area contributed by atoms with E-state index in [4.69, 9.17) is 18.7 Å². The molecule has 0 amide bonds. The molecule has 0 radical (unpaired) electrons. The number of aromatic nitrogens is 4. The predicted molar refractivity (Wildman–Crippen MR) is 153 cm³/mol. The highest BCUT2D eigenvalue weighted by atomic mass is 32.2. The number of halogens is 3. The van der Waals surface area contributed by atoms with Crippen LogP contribution in [0.5, 0.6) is 0 Å². The van der Waals surface area contributed by atoms with Gasteiger partial charge in [-0.15, -0.1) is 0 Å². The molecule has 1 aromatic carbocycles. The maximum atomic E-state index is 12.8. The van der Waals surface area contributed by atoms with Crippen LogP contribution in [0.2, 0.25) is 0 Å². The van der Waals surface area contributed by atoms with E-state index in [9.17, 15) is 22.6 Å². The van der Waals surface area contributed by atoms with Gasteiger partial charge in [0.15, 0.2) is 34.7 Å². The minimum atomic E-state index is -4.30. The molecule has 2 unspecified atom stereocenters. The summed E-state index contributed by atoms with van der Waals surface area (Å²) in [5.74, 6) is 0.933. The third-order valence-electron chi connectivity index (χ3n) is 6.52. The van der Waals surface area contributed by atoms with Crippen molar-refractivity contribution in [3.8, 4) is 0 Å². The number of imidazole rings is 1. The van der Waals surface area contributed by atoms with Crippen molar-refractivity contribution >= 4 is 48.1 Å². The minimum Gasteiger partial charge on any atom is -0.367 e. The van der Waals surface area contributed by atoms with Crippen molar-refractivity contribution in [2.45, 2.75) is 55.0 Å². The lowest BCUT2D eigenvalue weighted by Crippen LogP contribution is -2.31. The first kappa shape index (κ1) is 31.5. The number of alkyl halides is 3. The largest absolute Gasteiger partial charge is 0.389 e. The second-order valence-electron chi connectivity index (χ2n) is 9.80. The first-order valence-electron chi connectivity index (χ1n) is 13.1. The summed E-state index contributed by atoms with van der Waals surface area (Å²) in [5, 5.41) is 3.37. The Morgan fingerprint density at radius 3 is 2.62 bits per heavy atom. The van der Waals surface area contributed by atoms with Crippen LogP contribution in [0.4, 0.5) is 19.0 Å². The fourth-order valence-electron chi connectivity index (χ4n) is 4.67. The van der Waals surface area contributed by atoms with Gasteiger partial charge in [0.25, 0.3) is 0 Å². The second kappa shape index (κ2) is 13.4. The van der Waals surface area contributed by atoms with Crippen molar-refractivity contribution in [1.82, 2.24) is 19.5 Å². The fourth-order valence-corrected chi connectivity index (χ4v) is 6.23. The van der Waals surface area contributed by atoms with Crippen LogP contribution in [0.1, 0.15) is 18.2 Å². The van der Waals surface area contributed by atoms with Crippen LogP contribution < -0.4 is 5.32 Å². The van der Waals surface area contributed by atoms with Crippen molar-refractivity contribution < 1.29 is 41.4 Å². The quantitative estimate of drug-likeness (QED) is 0.115. The van der Waals surface area contributed by atoms with Crippen molar-refractivity contribution in [1.29, 1.82) is 0 Å². The lowest BCUT2D eigenvalue weighted by atomic mass is 10.1. The Morgan fingerprint density at radius 1 is 1.14 bits per heavy atom. The van der Waals surface area contributed by atoms with Crippen LogP contribution in [-0.4, -0.2) is 92.8 Å². The smallest absolute Gasteiger partial charge is 0.367 e. The number of hydrogen-bond donors (Lipinski definition) is 2. The molecule has 4 heterocycles. The number of nitrogens with zero attached hydrogens (tertiary/aromatic N) is 4. The highest BCUT2D eigenvalue weighted by Gasteiger charge is 2.54. The van der Waals surface area contributed by atoms with Gasteiger partial charge in [0.1, 0.15) is 18.3 Å². The van der Waals surface area contributed by atoms with E-state index < -0.39 is 51.0 Å². The summed E-state index contributed by atoms with van der Waals surface area (Å²) < 4.78 is 75.9. The standard InChI is InChI=1S/C25H31F3N5O6PS2/c1-40(34,35)36-13-16-19-20(39-17(38-19)12-15-6-4-3-5-7-15)23(37-16)33-14-30-18-21(29-9-11-41-2)31-24(32-22(18)33)42-10-8-25(26,27)28/h3-7,14,16-17,19-20,23H,8-13H2,1-2H3,(H,34,35)(H,29,31,32)/t16-,17?,19-,20-,23-/m1/s1. The molecule has 230 valence electrons. The highest BCUT2D eigenvalue weighted by Crippen LogP contribution is 2.44. The van der Waals surface area contributed by atoms with Crippen LogP contribution in [0.15, 0.2) is 41.8 Å². The molecular formula is C25H31F3N5O6PS2. The Balaban J connectivity index is 1.44. The summed E-state index contributed by atoms with van der Waals surface area (Å²) in [6.07, 6.45) is -4.79. The fraction of sp³-hybridized carbons (Fsp3) is 0.560. The van der Waals surface area contributed by atoms with E-state index in [1.54, 1.807) is 16.3 Å². The van der Waals surface area contributed by atoms with Gasteiger partial charge in [-0.2, -0.15) is 24.9 Å². The molecule has 5 rings (SSSR count). The lowest BCUT2D eigenvalue weighted by Gasteiger charge is -2.22. The number of nitrogens with one attached hydrogen (secondary N) is 1. The lowest BCUT2D eigenvalue weighted by molar-refractivity contribution is -0.148. The van der Waals surface area contributed by atoms with E-state index in [1.807, 2.05) is 36.6 Å². The molecule has 0 aliphatic carbocycles. The van der Waals surface area contributed by atoms with Gasteiger partial charge in [0.05, 0.1) is 19.4 Å². The molecule has 0 saturated carbocycles. The molecule has 2 aliphatic rings. The number of thioether (sulfide) groups is 2. The number of hydrogen-bond acceptors (Lipinski definition) is 11. The maximum Gasteiger partial charge on any atom is 0.389 e. The van der Waals surface area contributed by atoms with Crippen LogP contribution >= 0.6 is 31.1 Å². The number of anilines is 1. The van der Waals surface area contributed by atoms with E-state index in [-0.39, 0.29) is 17.5 Å². The van der Waals surface area contributed by atoms with Gasteiger partial charge in [0.2, 0.25) is 0 Å². The van der Waals surface area contributed by atoms with Gasteiger partial charge in [0, 0.05) is 31.1 Å². The summed E-state index contributed by atoms with van der Waals surface area (Å²) in [4.78, 5) is 23.2. The van der Waals surface area contributed by atoms with Crippen molar-refractivity contribution in [2.75, 3.05) is 42.9 Å². The van der Waals surface area contributed by atoms with Crippen molar-refractivity contribution in [3.63, 3.8) is 0 Å². The number of benzene rings is 1. The molecule has 2 N–H and O–H groups in total. The van der Waals surface area contributed by atoms with Crippen LogP contribution in [0.25, 0.3) is 11.2 Å². The Kier molecular flexibility index (Phi) is 10.0. The maximum absolute atomic E-state index is 12.8. The molecule has 3 aromatic rings. The first-order valence-corrected chi connectivity index (χ1v) is 17.5. The molecule has 2 aliphatic heterocycles. The number of ether oxygens (including phenoxy) is 3. The first-order chi connectivity index (χ1) is 20.0. The third kappa shape index (κ3) is 7.97. The van der Waals surface area contributed by atoms with E-state index in [0.717, 1.165) is 29.7 Å². The molecule has 6 atom stereocenters. The zero-order valence-electron chi connectivity index (χ0n) is 22.8. The summed E-state index contributed by atoms with van der Waals surface area (Å²) in [6.45, 7) is 1.43. The molecule has 2 fully saturated rings. The Labute approximate surface area is 248 Å². The van der Waals surface area contributed by atoms with Crippen molar-refractivity contribution in [2.24, 2.45) is 0 Å². The zero-order valence-corrected chi connectivity index (χ0v) is 25.3. The van der Waals surface area contributed by atoms with E-state index in [1.165, 1.54) is 6.33 Å². The molecule has 11 nitrogen and oxygen atoms in total. The zero-order chi connectivity index (χ0) is 29.9. The van der Waals surface area contributed by atoms with Gasteiger partial charge >= 0.3 is 13.8 Å². The van der Waals surface area contributed by atoms with Gasteiger partial charge in [-0.25, -0.2) is 15.0 Å². The Bertz CT molecular complexity index is 1400. The van der Waals surface area contributed by atoms with Gasteiger partial charge in [-0.05, 0) is 11.8 Å². The topological polar surface area (TPSA) is 130 Å². The summed E-state index contributed by atoms with van der Waals surface area (Å²) in [6, 6.07) is 9.66. The van der Waals surface area contributed by atoms with Crippen molar-refractivity contribution in [3.05, 3.63) is 42.2 Å². The molecule has 17 heteroatoms. The summed E-state index contributed by atoms with van der Waals surface area (Å²) in [5.41, 5.74) is 1.77. The average Bonchev–Trinajstić information content (AvgIpc) is 3.61. The minimum absolute atomic E-state index is 0.160. The van der Waals surface area contributed by atoms with E-state index in [2.05, 4.69) is 20.3 Å². The van der Waals surface area contributed by atoms with E-state index in [0.29, 0.717) is 29.9 Å².